The number of halogens is 1. The van der Waals surface area contributed by atoms with Crippen LogP contribution in [0.1, 0.15) is 39.5 Å². The van der Waals surface area contributed by atoms with Gasteiger partial charge in [-0.15, -0.1) is 12.4 Å². The molecule has 1 aliphatic carbocycles. The van der Waals surface area contributed by atoms with E-state index in [1.54, 1.807) is 0 Å². The van der Waals surface area contributed by atoms with Gasteiger partial charge >= 0.3 is 0 Å². The first-order chi connectivity index (χ1) is 7.97. The number of amides is 2. The molecule has 4 N–H and O–H groups in total. The molecule has 106 valence electrons. The highest BCUT2D eigenvalue weighted by Gasteiger charge is 2.37. The van der Waals surface area contributed by atoms with E-state index < -0.39 is 5.54 Å². The Hall–Kier alpha value is -0.810. The lowest BCUT2D eigenvalue weighted by molar-refractivity contribution is -0.130. The van der Waals surface area contributed by atoms with E-state index in [0.29, 0.717) is 6.54 Å². The molecular formula is C12H24ClN3O2. The van der Waals surface area contributed by atoms with E-state index in [2.05, 4.69) is 10.6 Å². The molecule has 1 aliphatic rings. The summed E-state index contributed by atoms with van der Waals surface area (Å²) in [6, 6.07) is 0. The smallest absolute Gasteiger partial charge is 0.239 e. The Kier molecular flexibility index (Phi) is 7.25. The summed E-state index contributed by atoms with van der Waals surface area (Å²) in [4.78, 5) is 23.2. The maximum Gasteiger partial charge on any atom is 0.239 e. The van der Waals surface area contributed by atoms with Gasteiger partial charge in [0.05, 0.1) is 12.5 Å². The van der Waals surface area contributed by atoms with E-state index in [1.807, 2.05) is 13.8 Å². The van der Waals surface area contributed by atoms with Crippen LogP contribution in [0.2, 0.25) is 0 Å². The summed E-state index contributed by atoms with van der Waals surface area (Å²) < 4.78 is 0. The fourth-order valence-corrected chi connectivity index (χ4v) is 2.34. The van der Waals surface area contributed by atoms with Gasteiger partial charge in [-0.1, -0.05) is 12.8 Å². The third-order valence-electron chi connectivity index (χ3n) is 3.37. The van der Waals surface area contributed by atoms with E-state index >= 15 is 0 Å². The molecule has 0 spiro atoms. The number of carbonyl (C=O) groups excluding carboxylic acids is 2. The summed E-state index contributed by atoms with van der Waals surface area (Å²) in [6.45, 7) is 4.38. The molecule has 1 fully saturated rings. The molecule has 0 bridgehead atoms. The van der Waals surface area contributed by atoms with Crippen LogP contribution in [0.15, 0.2) is 0 Å². The van der Waals surface area contributed by atoms with Gasteiger partial charge in [0.1, 0.15) is 0 Å². The SMILES string of the molecule is CCNC(=O)CNC(=O)C1CCCCC1(C)N.Cl. The Bertz CT molecular complexity index is 295. The molecule has 2 amide bonds. The van der Waals surface area contributed by atoms with Crippen LogP contribution in [-0.2, 0) is 9.59 Å². The van der Waals surface area contributed by atoms with Crippen LogP contribution in [0, 0.1) is 5.92 Å². The number of nitrogens with two attached hydrogens (primary N) is 1. The molecule has 0 aromatic rings. The molecule has 0 aliphatic heterocycles. The number of likely N-dealkylation sites (N-methyl/N-ethyl adjacent to an activating group) is 1. The van der Waals surface area contributed by atoms with Crippen molar-refractivity contribution in [2.45, 2.75) is 45.1 Å². The van der Waals surface area contributed by atoms with Crippen molar-refractivity contribution in [3.8, 4) is 0 Å². The Balaban J connectivity index is 0.00000289. The maximum absolute atomic E-state index is 12.0. The third-order valence-corrected chi connectivity index (χ3v) is 3.37. The lowest BCUT2D eigenvalue weighted by atomic mass is 9.74. The highest BCUT2D eigenvalue weighted by molar-refractivity contribution is 5.86. The fraction of sp³-hybridized carbons (Fsp3) is 0.833. The third kappa shape index (κ3) is 4.82. The molecule has 0 radical (unpaired) electrons. The zero-order valence-corrected chi connectivity index (χ0v) is 11.9. The summed E-state index contributed by atoms with van der Waals surface area (Å²) in [5.74, 6) is -0.429. The fourth-order valence-electron chi connectivity index (χ4n) is 2.34. The van der Waals surface area contributed by atoms with Crippen molar-refractivity contribution >= 4 is 24.2 Å². The van der Waals surface area contributed by atoms with Crippen LogP contribution >= 0.6 is 12.4 Å². The predicted octanol–water partition coefficient (Wildman–Crippen LogP) is 0.568. The van der Waals surface area contributed by atoms with Crippen LogP contribution in [0.4, 0.5) is 0 Å². The minimum Gasteiger partial charge on any atom is -0.355 e. The summed E-state index contributed by atoms with van der Waals surface area (Å²) >= 11 is 0. The second-order valence-corrected chi connectivity index (χ2v) is 4.98. The average Bonchev–Trinajstić information content (AvgIpc) is 2.26. The Morgan fingerprint density at radius 2 is 2.00 bits per heavy atom. The van der Waals surface area contributed by atoms with E-state index in [9.17, 15) is 9.59 Å². The molecule has 0 heterocycles. The summed E-state index contributed by atoms with van der Waals surface area (Å²) in [5.41, 5.74) is 5.69. The predicted molar refractivity (Wildman–Crippen MR) is 73.5 cm³/mol. The van der Waals surface area contributed by atoms with Gasteiger partial charge in [-0.2, -0.15) is 0 Å². The van der Waals surface area contributed by atoms with Crippen molar-refractivity contribution in [3.05, 3.63) is 0 Å². The van der Waals surface area contributed by atoms with Crippen molar-refractivity contribution in [2.75, 3.05) is 13.1 Å². The molecule has 0 aromatic carbocycles. The Morgan fingerprint density at radius 3 is 2.56 bits per heavy atom. The second-order valence-electron chi connectivity index (χ2n) is 4.98. The summed E-state index contributed by atoms with van der Waals surface area (Å²) in [7, 11) is 0. The van der Waals surface area contributed by atoms with E-state index in [4.69, 9.17) is 5.73 Å². The van der Waals surface area contributed by atoms with E-state index in [-0.39, 0.29) is 36.7 Å². The number of carbonyl (C=O) groups is 2. The van der Waals surface area contributed by atoms with Crippen LogP contribution in [-0.4, -0.2) is 30.4 Å². The maximum atomic E-state index is 12.0. The lowest BCUT2D eigenvalue weighted by Crippen LogP contribution is -2.53. The molecule has 2 atom stereocenters. The molecular weight excluding hydrogens is 254 g/mol. The van der Waals surface area contributed by atoms with Gasteiger partial charge in [0, 0.05) is 12.1 Å². The van der Waals surface area contributed by atoms with Crippen molar-refractivity contribution in [3.63, 3.8) is 0 Å². The minimum absolute atomic E-state index is 0. The molecule has 6 heteroatoms. The monoisotopic (exact) mass is 277 g/mol. The largest absolute Gasteiger partial charge is 0.355 e. The van der Waals surface area contributed by atoms with Gasteiger partial charge < -0.3 is 16.4 Å². The van der Waals surface area contributed by atoms with Gasteiger partial charge in [0.2, 0.25) is 11.8 Å². The second kappa shape index (κ2) is 7.59. The van der Waals surface area contributed by atoms with Crippen LogP contribution in [0.25, 0.3) is 0 Å². The van der Waals surface area contributed by atoms with E-state index in [0.717, 1.165) is 25.7 Å². The molecule has 18 heavy (non-hydrogen) atoms. The minimum atomic E-state index is -0.441. The van der Waals surface area contributed by atoms with Crippen LogP contribution < -0.4 is 16.4 Å². The van der Waals surface area contributed by atoms with Crippen molar-refractivity contribution in [2.24, 2.45) is 11.7 Å². The van der Waals surface area contributed by atoms with Crippen molar-refractivity contribution < 1.29 is 9.59 Å². The van der Waals surface area contributed by atoms with Gasteiger partial charge in [0.15, 0.2) is 0 Å². The number of hydrogen-bond donors (Lipinski definition) is 3. The highest BCUT2D eigenvalue weighted by Crippen LogP contribution is 2.31. The molecule has 0 aromatic heterocycles. The van der Waals surface area contributed by atoms with Crippen molar-refractivity contribution in [1.29, 1.82) is 0 Å². The number of nitrogens with one attached hydrogen (secondary N) is 2. The van der Waals surface area contributed by atoms with Crippen LogP contribution in [0.3, 0.4) is 0 Å². The topological polar surface area (TPSA) is 84.2 Å². The van der Waals surface area contributed by atoms with E-state index in [1.165, 1.54) is 0 Å². The molecule has 0 saturated heterocycles. The molecule has 1 rings (SSSR count). The number of rotatable bonds is 4. The zero-order valence-electron chi connectivity index (χ0n) is 11.1. The summed E-state index contributed by atoms with van der Waals surface area (Å²) in [6.07, 6.45) is 3.79. The molecule has 2 unspecified atom stereocenters. The molecule has 5 nitrogen and oxygen atoms in total. The standard InChI is InChI=1S/C12H23N3O2.ClH/c1-3-14-10(16)8-15-11(17)9-6-4-5-7-12(9,2)13;/h9H,3-8,13H2,1-2H3,(H,14,16)(H,15,17);1H. The first kappa shape index (κ1) is 17.2. The van der Waals surface area contributed by atoms with Gasteiger partial charge in [-0.3, -0.25) is 9.59 Å². The van der Waals surface area contributed by atoms with Crippen molar-refractivity contribution in [1.82, 2.24) is 10.6 Å². The Morgan fingerprint density at radius 1 is 1.33 bits per heavy atom. The number of hydrogen-bond acceptors (Lipinski definition) is 3. The zero-order chi connectivity index (χ0) is 12.9. The van der Waals surface area contributed by atoms with Gasteiger partial charge in [-0.05, 0) is 26.7 Å². The highest BCUT2D eigenvalue weighted by atomic mass is 35.5. The normalized spacial score (nSPS) is 26.9. The van der Waals surface area contributed by atoms with Gasteiger partial charge in [-0.25, -0.2) is 0 Å². The average molecular weight is 278 g/mol. The summed E-state index contributed by atoms with van der Waals surface area (Å²) in [5, 5.41) is 5.30. The van der Waals surface area contributed by atoms with Gasteiger partial charge in [0.25, 0.3) is 0 Å². The quantitative estimate of drug-likeness (QED) is 0.702. The molecule has 1 saturated carbocycles. The van der Waals surface area contributed by atoms with Crippen LogP contribution in [0.5, 0.6) is 0 Å². The Labute approximate surface area is 115 Å². The lowest BCUT2D eigenvalue weighted by Gasteiger charge is -2.37. The first-order valence-corrected chi connectivity index (χ1v) is 6.30. The first-order valence-electron chi connectivity index (χ1n) is 6.30.